The molecule has 102 valence electrons. The lowest BCUT2D eigenvalue weighted by atomic mass is 10.2. The first kappa shape index (κ1) is 14.5. The Kier molecular flexibility index (Phi) is 5.55. The summed E-state index contributed by atoms with van der Waals surface area (Å²) in [6.07, 6.45) is 1.57. The SMILES string of the molecule is O=C(CO/N=C/c1ccccc1)Nc1ccc(I)cc1. The molecule has 0 bridgehead atoms. The number of halogens is 1. The highest BCUT2D eigenvalue weighted by Crippen LogP contribution is 2.10. The van der Waals surface area contributed by atoms with E-state index in [0.717, 1.165) is 14.8 Å². The zero-order valence-corrected chi connectivity index (χ0v) is 12.8. The molecule has 1 amide bonds. The van der Waals surface area contributed by atoms with Crippen LogP contribution in [0.2, 0.25) is 0 Å². The van der Waals surface area contributed by atoms with Crippen molar-refractivity contribution in [3.63, 3.8) is 0 Å². The normalized spacial score (nSPS) is 10.4. The van der Waals surface area contributed by atoms with E-state index in [1.54, 1.807) is 6.21 Å². The molecule has 0 aliphatic carbocycles. The molecular weight excluding hydrogens is 367 g/mol. The molecule has 0 spiro atoms. The zero-order valence-electron chi connectivity index (χ0n) is 10.6. The number of anilines is 1. The highest BCUT2D eigenvalue weighted by atomic mass is 127. The average Bonchev–Trinajstić information content (AvgIpc) is 2.47. The summed E-state index contributed by atoms with van der Waals surface area (Å²) in [6.45, 7) is -0.116. The second-order valence-corrected chi connectivity index (χ2v) is 5.22. The van der Waals surface area contributed by atoms with Crippen molar-refractivity contribution in [1.29, 1.82) is 0 Å². The van der Waals surface area contributed by atoms with Gasteiger partial charge in [0.05, 0.1) is 6.21 Å². The molecule has 2 rings (SSSR count). The van der Waals surface area contributed by atoms with Crippen LogP contribution in [0.1, 0.15) is 5.56 Å². The molecule has 0 fully saturated rings. The van der Waals surface area contributed by atoms with E-state index >= 15 is 0 Å². The number of nitrogens with one attached hydrogen (secondary N) is 1. The van der Waals surface area contributed by atoms with Gasteiger partial charge in [0, 0.05) is 9.26 Å². The Morgan fingerprint density at radius 1 is 1.15 bits per heavy atom. The van der Waals surface area contributed by atoms with Crippen molar-refractivity contribution in [3.05, 3.63) is 63.7 Å². The van der Waals surface area contributed by atoms with E-state index in [2.05, 4.69) is 33.1 Å². The Bertz CT molecular complexity index is 583. The number of nitrogens with zero attached hydrogens (tertiary/aromatic N) is 1. The van der Waals surface area contributed by atoms with Crippen LogP contribution in [0, 0.1) is 3.57 Å². The van der Waals surface area contributed by atoms with Crippen LogP contribution in [0.25, 0.3) is 0 Å². The van der Waals surface area contributed by atoms with E-state index < -0.39 is 0 Å². The van der Waals surface area contributed by atoms with Crippen molar-refractivity contribution in [3.8, 4) is 0 Å². The summed E-state index contributed by atoms with van der Waals surface area (Å²) in [5.74, 6) is -0.239. The predicted octanol–water partition coefficient (Wildman–Crippen LogP) is 3.28. The standard InChI is InChI=1S/C15H13IN2O2/c16-13-6-8-14(9-7-13)18-15(19)11-20-17-10-12-4-2-1-3-5-12/h1-10H,11H2,(H,18,19)/b17-10+. The second kappa shape index (κ2) is 7.64. The summed E-state index contributed by atoms with van der Waals surface area (Å²) in [5.41, 5.74) is 1.66. The number of rotatable bonds is 5. The third-order valence-corrected chi connectivity index (χ3v) is 3.12. The first-order valence-electron chi connectivity index (χ1n) is 6.00. The molecule has 5 heteroatoms. The molecule has 0 heterocycles. The van der Waals surface area contributed by atoms with Gasteiger partial charge in [-0.2, -0.15) is 0 Å². The third-order valence-electron chi connectivity index (χ3n) is 2.40. The quantitative estimate of drug-likeness (QED) is 0.492. The third kappa shape index (κ3) is 5.00. The van der Waals surface area contributed by atoms with Crippen LogP contribution in [-0.2, 0) is 9.63 Å². The molecule has 0 atom stereocenters. The van der Waals surface area contributed by atoms with Gasteiger partial charge in [0.15, 0.2) is 6.61 Å². The maximum absolute atomic E-state index is 11.6. The van der Waals surface area contributed by atoms with Gasteiger partial charge in [0.2, 0.25) is 0 Å². The first-order chi connectivity index (χ1) is 9.74. The number of amides is 1. The van der Waals surface area contributed by atoms with E-state index in [4.69, 9.17) is 4.84 Å². The summed E-state index contributed by atoms with van der Waals surface area (Å²) in [4.78, 5) is 16.5. The first-order valence-corrected chi connectivity index (χ1v) is 7.08. The molecule has 0 aliphatic rings. The molecule has 0 unspecified atom stereocenters. The largest absolute Gasteiger partial charge is 0.386 e. The van der Waals surface area contributed by atoms with Crippen LogP contribution in [0.3, 0.4) is 0 Å². The van der Waals surface area contributed by atoms with Crippen LogP contribution in [0.4, 0.5) is 5.69 Å². The van der Waals surface area contributed by atoms with Gasteiger partial charge in [-0.05, 0) is 52.4 Å². The Balaban J connectivity index is 1.75. The molecule has 20 heavy (non-hydrogen) atoms. The Labute approximate surface area is 131 Å². The van der Waals surface area contributed by atoms with Crippen molar-refractivity contribution in [1.82, 2.24) is 0 Å². The van der Waals surface area contributed by atoms with Crippen molar-refractivity contribution in [2.45, 2.75) is 0 Å². The van der Waals surface area contributed by atoms with Gasteiger partial charge in [-0.15, -0.1) is 0 Å². The molecule has 0 aromatic heterocycles. The topological polar surface area (TPSA) is 50.7 Å². The van der Waals surface area contributed by atoms with Gasteiger partial charge in [0.1, 0.15) is 0 Å². The van der Waals surface area contributed by atoms with Crippen molar-refractivity contribution < 1.29 is 9.63 Å². The number of hydrogen-bond acceptors (Lipinski definition) is 3. The molecule has 4 nitrogen and oxygen atoms in total. The minimum absolute atomic E-state index is 0.116. The lowest BCUT2D eigenvalue weighted by Crippen LogP contribution is -2.16. The molecule has 2 aromatic carbocycles. The number of hydrogen-bond donors (Lipinski definition) is 1. The highest BCUT2D eigenvalue weighted by molar-refractivity contribution is 14.1. The van der Waals surface area contributed by atoms with E-state index in [9.17, 15) is 4.79 Å². The second-order valence-electron chi connectivity index (χ2n) is 3.97. The van der Waals surface area contributed by atoms with E-state index in [0.29, 0.717) is 0 Å². The Morgan fingerprint density at radius 2 is 1.85 bits per heavy atom. The molecule has 0 saturated heterocycles. The van der Waals surface area contributed by atoms with Gasteiger partial charge >= 0.3 is 0 Å². The van der Waals surface area contributed by atoms with E-state index in [-0.39, 0.29) is 12.5 Å². The van der Waals surface area contributed by atoms with Crippen LogP contribution in [-0.4, -0.2) is 18.7 Å². The molecule has 0 aliphatic heterocycles. The lowest BCUT2D eigenvalue weighted by Gasteiger charge is -2.04. The molecule has 2 aromatic rings. The minimum atomic E-state index is -0.239. The van der Waals surface area contributed by atoms with Gasteiger partial charge in [-0.25, -0.2) is 0 Å². The number of carbonyl (C=O) groups is 1. The fraction of sp³-hybridized carbons (Fsp3) is 0.0667. The van der Waals surface area contributed by atoms with E-state index in [1.807, 2.05) is 54.6 Å². The minimum Gasteiger partial charge on any atom is -0.386 e. The van der Waals surface area contributed by atoms with Crippen molar-refractivity contribution in [2.24, 2.45) is 5.16 Å². The Morgan fingerprint density at radius 3 is 2.55 bits per heavy atom. The van der Waals surface area contributed by atoms with Crippen molar-refractivity contribution in [2.75, 3.05) is 11.9 Å². The lowest BCUT2D eigenvalue weighted by molar-refractivity contribution is -0.120. The smallest absolute Gasteiger partial charge is 0.265 e. The van der Waals surface area contributed by atoms with Gasteiger partial charge in [-0.1, -0.05) is 35.5 Å². The number of carbonyl (C=O) groups excluding carboxylic acids is 1. The monoisotopic (exact) mass is 380 g/mol. The zero-order chi connectivity index (χ0) is 14.2. The van der Waals surface area contributed by atoms with Crippen LogP contribution in [0.15, 0.2) is 59.8 Å². The van der Waals surface area contributed by atoms with E-state index in [1.165, 1.54) is 0 Å². The van der Waals surface area contributed by atoms with Crippen LogP contribution >= 0.6 is 22.6 Å². The maximum atomic E-state index is 11.6. The van der Waals surface area contributed by atoms with Crippen LogP contribution in [0.5, 0.6) is 0 Å². The molecule has 1 N–H and O–H groups in total. The van der Waals surface area contributed by atoms with Gasteiger partial charge in [-0.3, -0.25) is 4.79 Å². The molecule has 0 radical (unpaired) electrons. The maximum Gasteiger partial charge on any atom is 0.265 e. The number of oxime groups is 1. The highest BCUT2D eigenvalue weighted by Gasteiger charge is 2.02. The van der Waals surface area contributed by atoms with Gasteiger partial charge < -0.3 is 10.2 Å². The van der Waals surface area contributed by atoms with Crippen LogP contribution < -0.4 is 5.32 Å². The average molecular weight is 380 g/mol. The fourth-order valence-electron chi connectivity index (χ4n) is 1.46. The molecule has 0 saturated carbocycles. The fourth-order valence-corrected chi connectivity index (χ4v) is 1.82. The summed E-state index contributed by atoms with van der Waals surface area (Å²) >= 11 is 2.21. The summed E-state index contributed by atoms with van der Waals surface area (Å²) in [7, 11) is 0. The van der Waals surface area contributed by atoms with Gasteiger partial charge in [0.25, 0.3) is 5.91 Å². The number of benzene rings is 2. The summed E-state index contributed by atoms with van der Waals surface area (Å²) in [5, 5.41) is 6.48. The Hall–Kier alpha value is -1.89. The summed E-state index contributed by atoms with van der Waals surface area (Å²) < 4.78 is 1.12. The molecular formula is C15H13IN2O2. The van der Waals surface area contributed by atoms with Crippen molar-refractivity contribution >= 4 is 40.4 Å². The predicted molar refractivity (Wildman–Crippen MR) is 87.8 cm³/mol. The summed E-state index contributed by atoms with van der Waals surface area (Å²) in [6, 6.07) is 17.1.